The van der Waals surface area contributed by atoms with E-state index in [1.165, 1.54) is 6.07 Å². The number of carbonyl (C=O) groups excluding carboxylic acids is 1. The summed E-state index contributed by atoms with van der Waals surface area (Å²) in [5.74, 6) is -1.87. The minimum Gasteiger partial charge on any atom is -0.352 e. The third-order valence-electron chi connectivity index (χ3n) is 3.87. The van der Waals surface area contributed by atoms with Crippen LogP contribution in [0.1, 0.15) is 31.2 Å². The Hall–Kier alpha value is -1.20. The molecule has 0 bridgehead atoms. The minimum absolute atomic E-state index is 0. The summed E-state index contributed by atoms with van der Waals surface area (Å²) in [6.45, 7) is 0.522. The lowest BCUT2D eigenvalue weighted by molar-refractivity contribution is -0.130. The van der Waals surface area contributed by atoms with Crippen molar-refractivity contribution in [2.75, 3.05) is 6.54 Å². The summed E-state index contributed by atoms with van der Waals surface area (Å²) in [6.07, 6.45) is 3.62. The Labute approximate surface area is 123 Å². The molecule has 1 saturated carbocycles. The van der Waals surface area contributed by atoms with E-state index in [0.717, 1.165) is 37.8 Å². The maximum Gasteiger partial charge on any atom is 0.227 e. The van der Waals surface area contributed by atoms with Crippen LogP contribution in [0.5, 0.6) is 0 Å². The van der Waals surface area contributed by atoms with E-state index in [9.17, 15) is 13.6 Å². The van der Waals surface area contributed by atoms with E-state index < -0.39 is 17.0 Å². The largest absolute Gasteiger partial charge is 0.352 e. The van der Waals surface area contributed by atoms with Gasteiger partial charge in [0.25, 0.3) is 0 Å². The van der Waals surface area contributed by atoms with Gasteiger partial charge in [-0.1, -0.05) is 18.9 Å². The molecule has 1 fully saturated rings. The molecule has 1 amide bonds. The van der Waals surface area contributed by atoms with Gasteiger partial charge in [0.15, 0.2) is 11.6 Å². The molecule has 0 unspecified atom stereocenters. The molecule has 0 atom stereocenters. The molecular formula is C14H19ClF2N2O. The van der Waals surface area contributed by atoms with Gasteiger partial charge in [0, 0.05) is 13.1 Å². The number of hydrogen-bond donors (Lipinski definition) is 2. The van der Waals surface area contributed by atoms with Gasteiger partial charge >= 0.3 is 0 Å². The van der Waals surface area contributed by atoms with Crippen LogP contribution in [-0.2, 0) is 11.3 Å². The average Bonchev–Trinajstić information content (AvgIpc) is 2.90. The fraction of sp³-hybridized carbons (Fsp3) is 0.500. The first-order chi connectivity index (χ1) is 9.07. The first-order valence-corrected chi connectivity index (χ1v) is 6.50. The summed E-state index contributed by atoms with van der Waals surface area (Å²) >= 11 is 0. The first kappa shape index (κ1) is 16.9. The lowest BCUT2D eigenvalue weighted by Crippen LogP contribution is -2.43. The van der Waals surface area contributed by atoms with Crippen LogP contribution in [0.15, 0.2) is 18.2 Å². The second-order valence-electron chi connectivity index (χ2n) is 5.12. The van der Waals surface area contributed by atoms with E-state index in [1.54, 1.807) is 0 Å². The number of nitrogens with one attached hydrogen (secondary N) is 1. The van der Waals surface area contributed by atoms with Crippen molar-refractivity contribution in [3.63, 3.8) is 0 Å². The van der Waals surface area contributed by atoms with Crippen molar-refractivity contribution in [2.45, 2.75) is 32.2 Å². The zero-order valence-electron chi connectivity index (χ0n) is 11.1. The smallest absolute Gasteiger partial charge is 0.227 e. The fourth-order valence-electron chi connectivity index (χ4n) is 2.60. The highest BCUT2D eigenvalue weighted by molar-refractivity contribution is 5.85. The zero-order chi connectivity index (χ0) is 13.9. The van der Waals surface area contributed by atoms with Gasteiger partial charge in [0.2, 0.25) is 5.91 Å². The maximum absolute atomic E-state index is 13.0. The van der Waals surface area contributed by atoms with Crippen molar-refractivity contribution in [1.29, 1.82) is 0 Å². The van der Waals surface area contributed by atoms with Crippen molar-refractivity contribution >= 4 is 18.3 Å². The van der Waals surface area contributed by atoms with Crippen LogP contribution in [0.2, 0.25) is 0 Å². The summed E-state index contributed by atoms with van der Waals surface area (Å²) < 4.78 is 25.8. The highest BCUT2D eigenvalue weighted by Gasteiger charge is 2.39. The molecule has 0 radical (unpaired) electrons. The van der Waals surface area contributed by atoms with E-state index in [-0.39, 0.29) is 24.9 Å². The minimum atomic E-state index is -0.902. The van der Waals surface area contributed by atoms with Gasteiger partial charge < -0.3 is 11.1 Å². The molecule has 0 heterocycles. The number of nitrogens with two attached hydrogens (primary N) is 1. The Kier molecular flexibility index (Phi) is 5.89. The topological polar surface area (TPSA) is 55.1 Å². The summed E-state index contributed by atoms with van der Waals surface area (Å²) in [5, 5.41) is 2.77. The molecule has 3 N–H and O–H groups in total. The molecule has 1 aliphatic carbocycles. The van der Waals surface area contributed by atoms with Gasteiger partial charge in [-0.05, 0) is 30.5 Å². The fourth-order valence-corrected chi connectivity index (χ4v) is 2.60. The van der Waals surface area contributed by atoms with Crippen molar-refractivity contribution < 1.29 is 13.6 Å². The van der Waals surface area contributed by atoms with E-state index in [1.807, 2.05) is 0 Å². The van der Waals surface area contributed by atoms with E-state index in [0.29, 0.717) is 12.1 Å². The highest BCUT2D eigenvalue weighted by atomic mass is 35.5. The number of hydrogen-bond acceptors (Lipinski definition) is 2. The van der Waals surface area contributed by atoms with Gasteiger partial charge in [-0.25, -0.2) is 8.78 Å². The number of amides is 1. The molecule has 3 nitrogen and oxygen atoms in total. The quantitative estimate of drug-likeness (QED) is 0.898. The van der Waals surface area contributed by atoms with Gasteiger partial charge in [-0.2, -0.15) is 0 Å². The van der Waals surface area contributed by atoms with Gasteiger partial charge in [-0.3, -0.25) is 4.79 Å². The molecular weight excluding hydrogens is 286 g/mol. The number of carbonyl (C=O) groups is 1. The SMILES string of the molecule is Cl.NCC1(C(=O)NCc2ccc(F)c(F)c2)CCCC1. The Morgan fingerprint density at radius 2 is 1.90 bits per heavy atom. The van der Waals surface area contributed by atoms with E-state index in [4.69, 9.17) is 5.73 Å². The Balaban J connectivity index is 0.00000200. The van der Waals surface area contributed by atoms with Gasteiger partial charge in [0.1, 0.15) is 0 Å². The molecule has 0 aliphatic heterocycles. The summed E-state index contributed by atoms with van der Waals surface area (Å²) in [7, 11) is 0. The van der Waals surface area contributed by atoms with Gasteiger partial charge in [0.05, 0.1) is 5.41 Å². The second-order valence-corrected chi connectivity index (χ2v) is 5.12. The van der Waals surface area contributed by atoms with Crippen LogP contribution in [0.25, 0.3) is 0 Å². The second kappa shape index (κ2) is 6.99. The van der Waals surface area contributed by atoms with Crippen LogP contribution < -0.4 is 11.1 Å². The molecule has 112 valence electrons. The third-order valence-corrected chi connectivity index (χ3v) is 3.87. The third kappa shape index (κ3) is 3.46. The van der Waals surface area contributed by atoms with Gasteiger partial charge in [-0.15, -0.1) is 12.4 Å². The first-order valence-electron chi connectivity index (χ1n) is 6.50. The number of halogens is 3. The average molecular weight is 305 g/mol. The number of benzene rings is 1. The predicted molar refractivity (Wildman–Crippen MR) is 75.4 cm³/mol. The van der Waals surface area contributed by atoms with E-state index >= 15 is 0 Å². The highest BCUT2D eigenvalue weighted by Crippen LogP contribution is 2.37. The predicted octanol–water partition coefficient (Wildman–Crippen LogP) is 2.52. The summed E-state index contributed by atoms with van der Waals surface area (Å²) in [5.41, 5.74) is 5.78. The van der Waals surface area contributed by atoms with Crippen molar-refractivity contribution in [1.82, 2.24) is 5.32 Å². The standard InChI is InChI=1S/C14H18F2N2O.ClH/c15-11-4-3-10(7-12(11)16)8-18-13(19)14(9-17)5-1-2-6-14;/h3-4,7H,1-2,5-6,8-9,17H2,(H,18,19);1H. The molecule has 6 heteroatoms. The van der Waals surface area contributed by atoms with Crippen LogP contribution >= 0.6 is 12.4 Å². The van der Waals surface area contributed by atoms with Crippen molar-refractivity contribution in [2.24, 2.45) is 11.1 Å². The lowest BCUT2D eigenvalue weighted by atomic mass is 9.85. The van der Waals surface area contributed by atoms with Crippen LogP contribution in [0, 0.1) is 17.0 Å². The molecule has 0 aromatic heterocycles. The molecule has 1 aromatic rings. The van der Waals surface area contributed by atoms with E-state index in [2.05, 4.69) is 5.32 Å². The Bertz CT molecular complexity index is 476. The molecule has 0 spiro atoms. The summed E-state index contributed by atoms with van der Waals surface area (Å²) in [4.78, 5) is 12.2. The lowest BCUT2D eigenvalue weighted by Gasteiger charge is -2.25. The van der Waals surface area contributed by atoms with Crippen molar-refractivity contribution in [3.8, 4) is 0 Å². The van der Waals surface area contributed by atoms with Crippen LogP contribution in [-0.4, -0.2) is 12.5 Å². The molecule has 2 rings (SSSR count). The molecule has 1 aromatic carbocycles. The Morgan fingerprint density at radius 1 is 1.25 bits per heavy atom. The number of rotatable bonds is 4. The molecule has 0 saturated heterocycles. The monoisotopic (exact) mass is 304 g/mol. The van der Waals surface area contributed by atoms with Crippen LogP contribution in [0.3, 0.4) is 0 Å². The normalized spacial score (nSPS) is 16.6. The molecule has 20 heavy (non-hydrogen) atoms. The zero-order valence-corrected chi connectivity index (χ0v) is 11.9. The maximum atomic E-state index is 13.0. The summed E-state index contributed by atoms with van der Waals surface area (Å²) in [6, 6.07) is 3.62. The Morgan fingerprint density at radius 3 is 2.45 bits per heavy atom. The molecule has 1 aliphatic rings. The van der Waals surface area contributed by atoms with Crippen molar-refractivity contribution in [3.05, 3.63) is 35.4 Å². The van der Waals surface area contributed by atoms with Crippen LogP contribution in [0.4, 0.5) is 8.78 Å².